The average molecular weight is 577 g/mol. The molecule has 4 N–H and O–H groups in total. The molecule has 0 radical (unpaired) electrons. The maximum atomic E-state index is 7.00. The van der Waals surface area contributed by atoms with Crippen molar-refractivity contribution in [1.82, 2.24) is 0 Å². The molecule has 0 heterocycles. The smallest absolute Gasteiger partial charge is 0.0319 e. The maximum Gasteiger partial charge on any atom is 0.0319 e. The SMILES string of the molecule is C1CCCCCCCCCCCCCCCCCCCCCCCCCCCCCCC1.CO.CO.CO.CO. The van der Waals surface area contributed by atoms with Gasteiger partial charge in [-0.3, -0.25) is 0 Å². The van der Waals surface area contributed by atoms with Crippen molar-refractivity contribution < 1.29 is 20.4 Å². The van der Waals surface area contributed by atoms with Crippen LogP contribution in [0.3, 0.4) is 0 Å². The predicted molar refractivity (Wildman–Crippen MR) is 180 cm³/mol. The van der Waals surface area contributed by atoms with Crippen molar-refractivity contribution in [2.24, 2.45) is 0 Å². The van der Waals surface area contributed by atoms with Crippen LogP contribution in [0.4, 0.5) is 0 Å². The number of aliphatic hydroxyl groups is 4. The van der Waals surface area contributed by atoms with Crippen molar-refractivity contribution in [3.63, 3.8) is 0 Å². The lowest BCUT2D eigenvalue weighted by molar-refractivity contribution is 0.399. The van der Waals surface area contributed by atoms with Crippen LogP contribution in [0.15, 0.2) is 0 Å². The van der Waals surface area contributed by atoms with Gasteiger partial charge in [0.25, 0.3) is 0 Å². The van der Waals surface area contributed by atoms with E-state index in [1.165, 1.54) is 205 Å². The quantitative estimate of drug-likeness (QED) is 0.231. The van der Waals surface area contributed by atoms with Crippen LogP contribution in [0, 0.1) is 0 Å². The van der Waals surface area contributed by atoms with Crippen LogP contribution in [0.5, 0.6) is 0 Å². The van der Waals surface area contributed by atoms with Crippen LogP contribution in [0.1, 0.15) is 205 Å². The standard InChI is InChI=1S/C32H64.4CH4O/c1-2-4-6-8-10-12-14-16-18-20-22-24-26-28-30-32-31-29-27-25-23-21-19-17-15-13-11-9-7-5-3-1;4*1-2/h1-32H2;4*2H,1H3. The molecular weight excluding hydrogens is 496 g/mol. The molecule has 1 saturated carbocycles. The Hall–Kier alpha value is -0.160. The van der Waals surface area contributed by atoms with E-state index in [4.69, 9.17) is 20.4 Å². The molecule has 40 heavy (non-hydrogen) atoms. The highest BCUT2D eigenvalue weighted by atomic mass is 16.2. The van der Waals surface area contributed by atoms with Gasteiger partial charge < -0.3 is 20.4 Å². The van der Waals surface area contributed by atoms with E-state index in [2.05, 4.69) is 0 Å². The molecule has 4 nitrogen and oxygen atoms in total. The number of hydrogen-bond acceptors (Lipinski definition) is 4. The van der Waals surface area contributed by atoms with Gasteiger partial charge in [0.05, 0.1) is 0 Å². The molecule has 0 aromatic rings. The second kappa shape index (κ2) is 54.9. The second-order valence-corrected chi connectivity index (χ2v) is 11.3. The molecule has 0 aliphatic heterocycles. The largest absolute Gasteiger partial charge is 0.400 e. The van der Waals surface area contributed by atoms with Crippen molar-refractivity contribution in [1.29, 1.82) is 0 Å². The molecule has 1 aliphatic rings. The Kier molecular flexibility index (Phi) is 64.2. The Bertz CT molecular complexity index is 179. The molecular formula is C36H80O4. The summed E-state index contributed by atoms with van der Waals surface area (Å²) in [5.41, 5.74) is 0. The Morgan fingerprint density at radius 1 is 0.125 bits per heavy atom. The van der Waals surface area contributed by atoms with E-state index in [9.17, 15) is 0 Å². The van der Waals surface area contributed by atoms with Crippen molar-refractivity contribution in [2.45, 2.75) is 205 Å². The number of hydrogen-bond donors (Lipinski definition) is 4. The lowest BCUT2D eigenvalue weighted by atomic mass is 10.0. The summed E-state index contributed by atoms with van der Waals surface area (Å²) in [5.74, 6) is 0. The minimum Gasteiger partial charge on any atom is -0.400 e. The first-order valence-electron chi connectivity index (χ1n) is 17.8. The minimum absolute atomic E-state index is 1.00. The summed E-state index contributed by atoms with van der Waals surface area (Å²) >= 11 is 0. The predicted octanol–water partition coefficient (Wildman–Crippen LogP) is 10.9. The third kappa shape index (κ3) is 50.7. The summed E-state index contributed by atoms with van der Waals surface area (Å²) in [5, 5.41) is 28.0. The zero-order valence-corrected chi connectivity index (χ0v) is 28.4. The molecule has 0 saturated heterocycles. The Balaban J connectivity index is -0.000000739. The van der Waals surface area contributed by atoms with Crippen molar-refractivity contribution in [2.75, 3.05) is 28.4 Å². The average Bonchev–Trinajstić information content (AvgIpc) is 3.02. The van der Waals surface area contributed by atoms with Gasteiger partial charge in [0.2, 0.25) is 0 Å². The van der Waals surface area contributed by atoms with Crippen molar-refractivity contribution in [3.05, 3.63) is 0 Å². The van der Waals surface area contributed by atoms with E-state index in [1.807, 2.05) is 0 Å². The van der Waals surface area contributed by atoms with Gasteiger partial charge in [-0.2, -0.15) is 0 Å². The molecule has 0 bridgehead atoms. The number of rotatable bonds is 0. The van der Waals surface area contributed by atoms with Crippen LogP contribution in [0.25, 0.3) is 0 Å². The van der Waals surface area contributed by atoms with E-state index in [-0.39, 0.29) is 0 Å². The molecule has 4 heteroatoms. The lowest BCUT2D eigenvalue weighted by Gasteiger charge is -2.05. The van der Waals surface area contributed by atoms with Crippen LogP contribution in [-0.4, -0.2) is 48.9 Å². The summed E-state index contributed by atoms with van der Waals surface area (Å²) in [7, 11) is 4.00. The van der Waals surface area contributed by atoms with Crippen LogP contribution < -0.4 is 0 Å². The third-order valence-electron chi connectivity index (χ3n) is 8.00. The zero-order valence-electron chi connectivity index (χ0n) is 28.4. The van der Waals surface area contributed by atoms with Crippen LogP contribution in [-0.2, 0) is 0 Å². The molecule has 0 unspecified atom stereocenters. The molecule has 1 rings (SSSR count). The van der Waals surface area contributed by atoms with Crippen LogP contribution in [0.2, 0.25) is 0 Å². The van der Waals surface area contributed by atoms with Gasteiger partial charge in [-0.05, 0) is 0 Å². The Labute approximate surface area is 254 Å². The highest BCUT2D eigenvalue weighted by Crippen LogP contribution is 2.17. The molecule has 0 atom stereocenters. The monoisotopic (exact) mass is 577 g/mol. The van der Waals surface area contributed by atoms with E-state index in [0.717, 1.165) is 28.4 Å². The Morgan fingerprint density at radius 2 is 0.150 bits per heavy atom. The van der Waals surface area contributed by atoms with Gasteiger partial charge in [0.15, 0.2) is 0 Å². The first-order valence-corrected chi connectivity index (χ1v) is 17.8. The fourth-order valence-electron chi connectivity index (χ4n) is 5.66. The Morgan fingerprint density at radius 3 is 0.175 bits per heavy atom. The van der Waals surface area contributed by atoms with Crippen molar-refractivity contribution in [3.8, 4) is 0 Å². The minimum atomic E-state index is 1.00. The summed E-state index contributed by atoms with van der Waals surface area (Å²) in [6, 6.07) is 0. The van der Waals surface area contributed by atoms with Gasteiger partial charge in [-0.1, -0.05) is 205 Å². The molecule has 0 aromatic heterocycles. The fourth-order valence-corrected chi connectivity index (χ4v) is 5.66. The summed E-state index contributed by atoms with van der Waals surface area (Å²) in [6.45, 7) is 0. The van der Waals surface area contributed by atoms with E-state index in [1.54, 1.807) is 0 Å². The van der Waals surface area contributed by atoms with Gasteiger partial charge in [-0.25, -0.2) is 0 Å². The molecule has 248 valence electrons. The maximum absolute atomic E-state index is 7.00. The third-order valence-corrected chi connectivity index (χ3v) is 8.00. The summed E-state index contributed by atoms with van der Waals surface area (Å²) in [6.07, 6.45) is 48.0. The van der Waals surface area contributed by atoms with Crippen LogP contribution >= 0.6 is 0 Å². The highest BCUT2D eigenvalue weighted by Gasteiger charge is 1.98. The summed E-state index contributed by atoms with van der Waals surface area (Å²) < 4.78 is 0. The fraction of sp³-hybridized carbons (Fsp3) is 1.00. The molecule has 1 fully saturated rings. The first kappa shape index (κ1) is 46.8. The van der Waals surface area contributed by atoms with E-state index in [0.29, 0.717) is 0 Å². The van der Waals surface area contributed by atoms with E-state index >= 15 is 0 Å². The van der Waals surface area contributed by atoms with Crippen molar-refractivity contribution >= 4 is 0 Å². The van der Waals surface area contributed by atoms with Gasteiger partial charge >= 0.3 is 0 Å². The molecule has 0 aromatic carbocycles. The summed E-state index contributed by atoms with van der Waals surface area (Å²) in [4.78, 5) is 0. The first-order chi connectivity index (χ1) is 20.0. The normalized spacial score (nSPS) is 19.8. The lowest BCUT2D eigenvalue weighted by Crippen LogP contribution is -1.85. The second-order valence-electron chi connectivity index (χ2n) is 11.3. The van der Waals surface area contributed by atoms with Gasteiger partial charge in [-0.15, -0.1) is 0 Å². The number of aliphatic hydroxyl groups excluding tert-OH is 4. The topological polar surface area (TPSA) is 80.9 Å². The molecule has 0 amide bonds. The van der Waals surface area contributed by atoms with E-state index < -0.39 is 0 Å². The van der Waals surface area contributed by atoms with Gasteiger partial charge in [0, 0.05) is 28.4 Å². The zero-order chi connectivity index (χ0) is 30.6. The molecule has 1 aliphatic carbocycles. The molecule has 0 spiro atoms. The highest BCUT2D eigenvalue weighted by molar-refractivity contribution is 4.53. The van der Waals surface area contributed by atoms with Gasteiger partial charge in [0.1, 0.15) is 0 Å².